The molecule has 0 nitrogen and oxygen atoms in total. The highest BCUT2D eigenvalue weighted by molar-refractivity contribution is 5.91. The van der Waals surface area contributed by atoms with Crippen molar-refractivity contribution in [1.29, 1.82) is 0 Å². The molecule has 0 amide bonds. The van der Waals surface area contributed by atoms with Gasteiger partial charge >= 0.3 is 0 Å². The SMILES string of the molecule is C=C(C)/C(C)=C/c1cccc2ccccc12. The van der Waals surface area contributed by atoms with Crippen LogP contribution in [-0.4, -0.2) is 0 Å². The molecule has 0 unspecified atom stereocenters. The van der Waals surface area contributed by atoms with Gasteiger partial charge < -0.3 is 0 Å². The smallest absolute Gasteiger partial charge is 0.0111 e. The fourth-order valence-corrected chi connectivity index (χ4v) is 1.73. The second-order valence-electron chi connectivity index (χ2n) is 4.18. The third-order valence-electron chi connectivity index (χ3n) is 2.87. The van der Waals surface area contributed by atoms with Gasteiger partial charge in [-0.2, -0.15) is 0 Å². The first kappa shape index (κ1) is 10.7. The lowest BCUT2D eigenvalue weighted by molar-refractivity contribution is 1.39. The Morgan fingerprint density at radius 1 is 1.00 bits per heavy atom. The minimum Gasteiger partial charge on any atom is -0.0958 e. The summed E-state index contributed by atoms with van der Waals surface area (Å²) in [5, 5.41) is 2.58. The summed E-state index contributed by atoms with van der Waals surface area (Å²) in [5.74, 6) is 0. The minimum absolute atomic E-state index is 1.12. The molecule has 0 atom stereocenters. The molecule has 16 heavy (non-hydrogen) atoms. The topological polar surface area (TPSA) is 0 Å². The molecule has 0 aliphatic rings. The number of hydrogen-bond donors (Lipinski definition) is 0. The Kier molecular flexibility index (Phi) is 2.91. The van der Waals surface area contributed by atoms with E-state index in [1.165, 1.54) is 21.9 Å². The van der Waals surface area contributed by atoms with E-state index in [9.17, 15) is 0 Å². The second kappa shape index (κ2) is 4.36. The van der Waals surface area contributed by atoms with Gasteiger partial charge in [-0.3, -0.25) is 0 Å². The monoisotopic (exact) mass is 208 g/mol. The lowest BCUT2D eigenvalue weighted by Gasteiger charge is -2.04. The quantitative estimate of drug-likeness (QED) is 0.621. The van der Waals surface area contributed by atoms with E-state index < -0.39 is 0 Å². The zero-order chi connectivity index (χ0) is 11.5. The molecule has 0 aromatic heterocycles. The summed E-state index contributed by atoms with van der Waals surface area (Å²) in [5.41, 5.74) is 3.61. The largest absolute Gasteiger partial charge is 0.0958 e. The zero-order valence-electron chi connectivity index (χ0n) is 9.83. The average molecular weight is 208 g/mol. The van der Waals surface area contributed by atoms with Gasteiger partial charge in [0.15, 0.2) is 0 Å². The molecule has 0 aliphatic heterocycles. The lowest BCUT2D eigenvalue weighted by Crippen LogP contribution is -1.81. The van der Waals surface area contributed by atoms with Crippen LogP contribution in [0.5, 0.6) is 0 Å². The molecule has 0 saturated heterocycles. The van der Waals surface area contributed by atoms with Crippen molar-refractivity contribution in [3.8, 4) is 0 Å². The van der Waals surface area contributed by atoms with Crippen molar-refractivity contribution in [1.82, 2.24) is 0 Å². The molecular weight excluding hydrogens is 192 g/mol. The Morgan fingerprint density at radius 3 is 2.44 bits per heavy atom. The summed E-state index contributed by atoms with van der Waals surface area (Å²) >= 11 is 0. The van der Waals surface area contributed by atoms with E-state index in [0.29, 0.717) is 0 Å². The maximum atomic E-state index is 3.96. The number of fused-ring (bicyclic) bond motifs is 1. The van der Waals surface area contributed by atoms with Gasteiger partial charge in [0.25, 0.3) is 0 Å². The van der Waals surface area contributed by atoms with Gasteiger partial charge in [-0.25, -0.2) is 0 Å². The number of rotatable bonds is 2. The molecule has 80 valence electrons. The van der Waals surface area contributed by atoms with Crippen LogP contribution in [0.3, 0.4) is 0 Å². The summed E-state index contributed by atoms with van der Waals surface area (Å²) in [7, 11) is 0. The number of hydrogen-bond acceptors (Lipinski definition) is 0. The van der Waals surface area contributed by atoms with Crippen molar-refractivity contribution in [2.75, 3.05) is 0 Å². The maximum Gasteiger partial charge on any atom is -0.0111 e. The van der Waals surface area contributed by atoms with Crippen molar-refractivity contribution >= 4 is 16.8 Å². The van der Waals surface area contributed by atoms with Gasteiger partial charge in [0.1, 0.15) is 0 Å². The highest BCUT2D eigenvalue weighted by atomic mass is 14.0. The molecule has 0 saturated carbocycles. The molecule has 0 fully saturated rings. The Bertz CT molecular complexity index is 554. The number of allylic oxidation sites excluding steroid dienone is 2. The van der Waals surface area contributed by atoms with Gasteiger partial charge in [0.05, 0.1) is 0 Å². The highest BCUT2D eigenvalue weighted by Gasteiger charge is 1.98. The van der Waals surface area contributed by atoms with Crippen LogP contribution < -0.4 is 0 Å². The fraction of sp³-hybridized carbons (Fsp3) is 0.125. The lowest BCUT2D eigenvalue weighted by atomic mass is 10.0. The standard InChI is InChI=1S/C16H16/c1-12(2)13(3)11-15-9-6-8-14-7-4-5-10-16(14)15/h4-11H,1H2,2-3H3/b13-11+. The first-order valence-corrected chi connectivity index (χ1v) is 5.50. The summed E-state index contributed by atoms with van der Waals surface area (Å²) in [4.78, 5) is 0. The molecule has 0 aliphatic carbocycles. The van der Waals surface area contributed by atoms with Crippen LogP contribution in [0.1, 0.15) is 19.4 Å². The summed E-state index contributed by atoms with van der Waals surface area (Å²) in [6, 6.07) is 14.8. The fourth-order valence-electron chi connectivity index (χ4n) is 1.73. The molecule has 0 spiro atoms. The summed E-state index contributed by atoms with van der Waals surface area (Å²) in [6.45, 7) is 8.10. The maximum absolute atomic E-state index is 3.96. The molecule has 0 heterocycles. The van der Waals surface area contributed by atoms with Gasteiger partial charge in [-0.05, 0) is 35.8 Å². The third kappa shape index (κ3) is 2.06. The Labute approximate surface area is 96.9 Å². The van der Waals surface area contributed by atoms with Crippen molar-refractivity contribution < 1.29 is 0 Å². The van der Waals surface area contributed by atoms with Crippen molar-refractivity contribution in [3.05, 3.63) is 65.8 Å². The first-order chi connectivity index (χ1) is 7.68. The highest BCUT2D eigenvalue weighted by Crippen LogP contribution is 2.22. The predicted octanol–water partition coefficient (Wildman–Crippen LogP) is 4.82. The van der Waals surface area contributed by atoms with Crippen LogP contribution in [0, 0.1) is 0 Å². The van der Waals surface area contributed by atoms with Gasteiger partial charge in [0.2, 0.25) is 0 Å². The Morgan fingerprint density at radius 2 is 1.69 bits per heavy atom. The second-order valence-corrected chi connectivity index (χ2v) is 4.18. The first-order valence-electron chi connectivity index (χ1n) is 5.50. The molecule has 2 aromatic carbocycles. The van der Waals surface area contributed by atoms with Crippen molar-refractivity contribution in [3.63, 3.8) is 0 Å². The van der Waals surface area contributed by atoms with E-state index in [1.807, 2.05) is 6.92 Å². The van der Waals surface area contributed by atoms with E-state index in [4.69, 9.17) is 0 Å². The van der Waals surface area contributed by atoms with Gasteiger partial charge in [0, 0.05) is 0 Å². The minimum atomic E-state index is 1.12. The van der Waals surface area contributed by atoms with E-state index in [-0.39, 0.29) is 0 Å². The van der Waals surface area contributed by atoms with Crippen molar-refractivity contribution in [2.24, 2.45) is 0 Å². The summed E-state index contributed by atoms with van der Waals surface area (Å²) in [6.07, 6.45) is 2.20. The Hall–Kier alpha value is -1.82. The van der Waals surface area contributed by atoms with Crippen LogP contribution in [0.15, 0.2) is 60.2 Å². The van der Waals surface area contributed by atoms with Gasteiger partial charge in [-0.1, -0.05) is 60.7 Å². The van der Waals surface area contributed by atoms with Crippen LogP contribution in [-0.2, 0) is 0 Å². The van der Waals surface area contributed by atoms with E-state index in [2.05, 4.69) is 62.0 Å². The predicted molar refractivity (Wildman–Crippen MR) is 72.4 cm³/mol. The molecular formula is C16H16. The zero-order valence-corrected chi connectivity index (χ0v) is 9.83. The molecule has 0 bridgehead atoms. The van der Waals surface area contributed by atoms with E-state index in [0.717, 1.165) is 5.57 Å². The molecule has 0 N–H and O–H groups in total. The van der Waals surface area contributed by atoms with Crippen LogP contribution in [0.25, 0.3) is 16.8 Å². The third-order valence-corrected chi connectivity index (χ3v) is 2.87. The normalized spacial score (nSPS) is 11.8. The van der Waals surface area contributed by atoms with Crippen molar-refractivity contribution in [2.45, 2.75) is 13.8 Å². The van der Waals surface area contributed by atoms with Gasteiger partial charge in [-0.15, -0.1) is 0 Å². The summed E-state index contributed by atoms with van der Waals surface area (Å²) < 4.78 is 0. The van der Waals surface area contributed by atoms with Crippen LogP contribution in [0.4, 0.5) is 0 Å². The van der Waals surface area contributed by atoms with E-state index >= 15 is 0 Å². The Balaban J connectivity index is 2.61. The molecule has 0 radical (unpaired) electrons. The van der Waals surface area contributed by atoms with Crippen LogP contribution >= 0.6 is 0 Å². The van der Waals surface area contributed by atoms with E-state index in [1.54, 1.807) is 0 Å². The van der Waals surface area contributed by atoms with Crippen LogP contribution in [0.2, 0.25) is 0 Å². The number of benzene rings is 2. The average Bonchev–Trinajstić information content (AvgIpc) is 2.29. The molecule has 0 heteroatoms. The molecule has 2 aromatic rings. The molecule has 2 rings (SSSR count).